The van der Waals surface area contributed by atoms with E-state index in [0.29, 0.717) is 6.54 Å². The van der Waals surface area contributed by atoms with Gasteiger partial charge in [0, 0.05) is 44.0 Å². The minimum absolute atomic E-state index is 0.527. The molecule has 1 saturated heterocycles. The molecule has 0 atom stereocenters. The van der Waals surface area contributed by atoms with Gasteiger partial charge in [-0.2, -0.15) is 0 Å². The third-order valence-electron chi connectivity index (χ3n) is 3.50. The predicted octanol–water partition coefficient (Wildman–Crippen LogP) is 0.901. The number of ether oxygens (including phenoxy) is 1. The molecule has 3 N–H and O–H groups in total. The lowest BCUT2D eigenvalue weighted by molar-refractivity contribution is 0.0398. The van der Waals surface area contributed by atoms with E-state index in [9.17, 15) is 0 Å². The Kier molecular flexibility index (Phi) is 5.13. The molecule has 0 amide bonds. The highest BCUT2D eigenvalue weighted by molar-refractivity contribution is 5.49. The number of nitrogens with zero attached hydrogens (tertiary/aromatic N) is 2. The number of morpholine rings is 1. The summed E-state index contributed by atoms with van der Waals surface area (Å²) in [6.07, 6.45) is 0. The minimum atomic E-state index is 0.527. The molecule has 1 fully saturated rings. The summed E-state index contributed by atoms with van der Waals surface area (Å²) >= 11 is 0. The number of hydrogen-bond donors (Lipinski definition) is 2. The molecule has 0 aromatic carbocycles. The fourth-order valence-electron chi connectivity index (χ4n) is 2.42. The van der Waals surface area contributed by atoms with Gasteiger partial charge >= 0.3 is 0 Å². The summed E-state index contributed by atoms with van der Waals surface area (Å²) < 4.78 is 5.34. The molecule has 0 radical (unpaired) electrons. The van der Waals surface area contributed by atoms with E-state index in [1.807, 2.05) is 6.92 Å². The lowest BCUT2D eigenvalue weighted by Gasteiger charge is -2.26. The summed E-state index contributed by atoms with van der Waals surface area (Å²) in [5.41, 5.74) is 9.17. The van der Waals surface area contributed by atoms with Gasteiger partial charge < -0.3 is 15.8 Å². The van der Waals surface area contributed by atoms with E-state index in [2.05, 4.69) is 28.2 Å². The van der Waals surface area contributed by atoms with Gasteiger partial charge in [-0.25, -0.2) is 4.98 Å². The highest BCUT2D eigenvalue weighted by atomic mass is 16.5. The molecule has 5 nitrogen and oxygen atoms in total. The number of nitrogens with one attached hydrogen (secondary N) is 1. The number of anilines is 1. The van der Waals surface area contributed by atoms with Gasteiger partial charge in [0.15, 0.2) is 0 Å². The normalized spacial score (nSPS) is 16.6. The van der Waals surface area contributed by atoms with Crippen LogP contribution in [-0.4, -0.2) is 49.3 Å². The molecule has 5 heteroatoms. The van der Waals surface area contributed by atoms with Gasteiger partial charge in [0.2, 0.25) is 0 Å². The fourth-order valence-corrected chi connectivity index (χ4v) is 2.42. The maximum atomic E-state index is 5.81. The van der Waals surface area contributed by atoms with Gasteiger partial charge in [-0.1, -0.05) is 0 Å². The molecule has 0 unspecified atom stereocenters. The molecular weight excluding hydrogens is 240 g/mol. The molecule has 0 saturated carbocycles. The Labute approximate surface area is 115 Å². The van der Waals surface area contributed by atoms with Gasteiger partial charge in [-0.15, -0.1) is 0 Å². The van der Waals surface area contributed by atoms with Gasteiger partial charge in [-0.05, 0) is 25.5 Å². The summed E-state index contributed by atoms with van der Waals surface area (Å²) in [5.74, 6) is 0.938. The molecule has 1 aliphatic heterocycles. The van der Waals surface area contributed by atoms with Crippen molar-refractivity contribution in [3.8, 4) is 0 Å². The molecular formula is C14H24N4O. The highest BCUT2D eigenvalue weighted by Crippen LogP contribution is 2.17. The first-order valence-electron chi connectivity index (χ1n) is 6.92. The van der Waals surface area contributed by atoms with Crippen LogP contribution in [-0.2, 0) is 11.3 Å². The van der Waals surface area contributed by atoms with Crippen LogP contribution in [0.2, 0.25) is 0 Å². The molecule has 0 spiro atoms. The molecule has 2 rings (SSSR count). The fraction of sp³-hybridized carbons (Fsp3) is 0.643. The van der Waals surface area contributed by atoms with Gasteiger partial charge in [-0.3, -0.25) is 4.90 Å². The van der Waals surface area contributed by atoms with Crippen molar-refractivity contribution in [3.05, 3.63) is 22.9 Å². The molecule has 1 aliphatic rings. The zero-order valence-corrected chi connectivity index (χ0v) is 11.9. The summed E-state index contributed by atoms with van der Waals surface area (Å²) in [6, 6.07) is 2.08. The number of aryl methyl sites for hydroxylation is 2. The molecule has 2 heterocycles. The van der Waals surface area contributed by atoms with E-state index < -0.39 is 0 Å². The van der Waals surface area contributed by atoms with E-state index in [1.165, 1.54) is 5.56 Å². The van der Waals surface area contributed by atoms with Crippen LogP contribution in [0.25, 0.3) is 0 Å². The van der Waals surface area contributed by atoms with E-state index in [0.717, 1.165) is 56.5 Å². The van der Waals surface area contributed by atoms with Crippen molar-refractivity contribution in [1.29, 1.82) is 0 Å². The van der Waals surface area contributed by atoms with Crippen LogP contribution in [0.5, 0.6) is 0 Å². The third-order valence-corrected chi connectivity index (χ3v) is 3.50. The van der Waals surface area contributed by atoms with Crippen LogP contribution >= 0.6 is 0 Å². The smallest absolute Gasteiger partial charge is 0.131 e. The van der Waals surface area contributed by atoms with E-state index in [4.69, 9.17) is 10.5 Å². The third kappa shape index (κ3) is 3.89. The first-order valence-corrected chi connectivity index (χ1v) is 6.92. The van der Waals surface area contributed by atoms with Gasteiger partial charge in [0.1, 0.15) is 5.82 Å². The number of pyridine rings is 1. The zero-order valence-electron chi connectivity index (χ0n) is 11.9. The largest absolute Gasteiger partial charge is 0.379 e. The second-order valence-corrected chi connectivity index (χ2v) is 4.99. The van der Waals surface area contributed by atoms with Gasteiger partial charge in [0.05, 0.1) is 13.2 Å². The molecule has 0 aliphatic carbocycles. The molecule has 106 valence electrons. The highest BCUT2D eigenvalue weighted by Gasteiger charge is 2.11. The van der Waals surface area contributed by atoms with Crippen molar-refractivity contribution in [2.45, 2.75) is 20.4 Å². The topological polar surface area (TPSA) is 63.4 Å². The lowest BCUT2D eigenvalue weighted by Crippen LogP contribution is -2.39. The van der Waals surface area contributed by atoms with Crippen LogP contribution < -0.4 is 11.1 Å². The van der Waals surface area contributed by atoms with E-state index in [1.54, 1.807) is 0 Å². The maximum absolute atomic E-state index is 5.81. The Morgan fingerprint density at radius 3 is 2.79 bits per heavy atom. The molecule has 1 aromatic rings. The van der Waals surface area contributed by atoms with Crippen molar-refractivity contribution in [1.82, 2.24) is 9.88 Å². The van der Waals surface area contributed by atoms with Crippen molar-refractivity contribution < 1.29 is 4.74 Å². The molecule has 0 bridgehead atoms. The minimum Gasteiger partial charge on any atom is -0.379 e. The van der Waals surface area contributed by atoms with Crippen molar-refractivity contribution in [2.24, 2.45) is 5.73 Å². The van der Waals surface area contributed by atoms with E-state index >= 15 is 0 Å². The average molecular weight is 264 g/mol. The summed E-state index contributed by atoms with van der Waals surface area (Å²) in [7, 11) is 0. The van der Waals surface area contributed by atoms with Crippen molar-refractivity contribution >= 4 is 5.82 Å². The van der Waals surface area contributed by atoms with Crippen molar-refractivity contribution in [2.75, 3.05) is 44.7 Å². The zero-order chi connectivity index (χ0) is 13.7. The van der Waals surface area contributed by atoms with Crippen LogP contribution in [0.15, 0.2) is 6.07 Å². The number of hydrogen-bond acceptors (Lipinski definition) is 5. The SMILES string of the molecule is Cc1cc(C)c(CN)c(NCCN2CCOCC2)n1. The second kappa shape index (κ2) is 6.84. The maximum Gasteiger partial charge on any atom is 0.131 e. The quantitative estimate of drug-likeness (QED) is 0.827. The Morgan fingerprint density at radius 2 is 2.11 bits per heavy atom. The summed E-state index contributed by atoms with van der Waals surface area (Å²) in [5, 5.41) is 3.42. The average Bonchev–Trinajstić information content (AvgIpc) is 2.39. The first-order chi connectivity index (χ1) is 9.20. The molecule has 1 aromatic heterocycles. The Bertz CT molecular complexity index is 416. The second-order valence-electron chi connectivity index (χ2n) is 4.99. The van der Waals surface area contributed by atoms with Crippen molar-refractivity contribution in [3.63, 3.8) is 0 Å². The monoisotopic (exact) mass is 264 g/mol. The number of nitrogens with two attached hydrogens (primary N) is 1. The standard InChI is InChI=1S/C14H24N4O/c1-11-9-12(2)17-14(13(11)10-15)16-3-4-18-5-7-19-8-6-18/h9H,3-8,10,15H2,1-2H3,(H,16,17). The lowest BCUT2D eigenvalue weighted by atomic mass is 10.1. The predicted molar refractivity (Wildman–Crippen MR) is 77.4 cm³/mol. The van der Waals surface area contributed by atoms with Crippen LogP contribution in [0.3, 0.4) is 0 Å². The summed E-state index contributed by atoms with van der Waals surface area (Å²) in [6.45, 7) is 10.3. The van der Waals surface area contributed by atoms with Gasteiger partial charge in [0.25, 0.3) is 0 Å². The number of aromatic nitrogens is 1. The van der Waals surface area contributed by atoms with E-state index in [-0.39, 0.29) is 0 Å². The Balaban J connectivity index is 1.91. The summed E-state index contributed by atoms with van der Waals surface area (Å²) in [4.78, 5) is 6.96. The Morgan fingerprint density at radius 1 is 1.37 bits per heavy atom. The van der Waals surface area contributed by atoms with Crippen LogP contribution in [0, 0.1) is 13.8 Å². The van der Waals surface area contributed by atoms with Crippen LogP contribution in [0.1, 0.15) is 16.8 Å². The molecule has 19 heavy (non-hydrogen) atoms. The van der Waals surface area contributed by atoms with Crippen LogP contribution in [0.4, 0.5) is 5.82 Å². The number of rotatable bonds is 5. The Hall–Kier alpha value is -1.17. The first kappa shape index (κ1) is 14.2.